The molecule has 1 aromatic rings. The molecule has 23 heavy (non-hydrogen) atoms. The first-order valence-corrected chi connectivity index (χ1v) is 8.35. The van der Waals surface area contributed by atoms with Gasteiger partial charge in [0.05, 0.1) is 13.0 Å². The smallest absolute Gasteiger partial charge is 0.310 e. The molecule has 0 saturated carbocycles. The highest BCUT2D eigenvalue weighted by atomic mass is 16.5. The minimum Gasteiger partial charge on any atom is -0.469 e. The highest BCUT2D eigenvalue weighted by Crippen LogP contribution is 2.17. The van der Waals surface area contributed by atoms with Gasteiger partial charge in [0.2, 0.25) is 5.91 Å². The van der Waals surface area contributed by atoms with Gasteiger partial charge in [-0.3, -0.25) is 9.59 Å². The van der Waals surface area contributed by atoms with Crippen molar-refractivity contribution < 1.29 is 14.3 Å². The number of aryl methyl sites for hydroxylation is 1. The van der Waals surface area contributed by atoms with E-state index in [1.165, 1.54) is 12.7 Å². The van der Waals surface area contributed by atoms with Gasteiger partial charge >= 0.3 is 5.97 Å². The van der Waals surface area contributed by atoms with Crippen molar-refractivity contribution >= 4 is 11.9 Å². The van der Waals surface area contributed by atoms with Gasteiger partial charge in [0, 0.05) is 19.0 Å². The van der Waals surface area contributed by atoms with Crippen molar-refractivity contribution in [3.05, 3.63) is 35.4 Å². The summed E-state index contributed by atoms with van der Waals surface area (Å²) in [6.07, 6.45) is 1.62. The maximum atomic E-state index is 12.8. The molecule has 0 radical (unpaired) electrons. The third kappa shape index (κ3) is 5.70. The van der Waals surface area contributed by atoms with E-state index >= 15 is 0 Å². The van der Waals surface area contributed by atoms with Gasteiger partial charge in [0.1, 0.15) is 0 Å². The molecule has 1 atom stereocenters. The van der Waals surface area contributed by atoms with E-state index in [1.807, 2.05) is 45.0 Å². The van der Waals surface area contributed by atoms with Crippen LogP contribution in [0.1, 0.15) is 44.7 Å². The summed E-state index contributed by atoms with van der Waals surface area (Å²) in [6.45, 7) is 8.80. The molecule has 1 aromatic carbocycles. The molecule has 0 aromatic heterocycles. The van der Waals surface area contributed by atoms with E-state index in [1.54, 1.807) is 11.8 Å². The van der Waals surface area contributed by atoms with Crippen LogP contribution >= 0.6 is 0 Å². The number of rotatable bonds is 8. The second-order valence-electron chi connectivity index (χ2n) is 6.14. The summed E-state index contributed by atoms with van der Waals surface area (Å²) in [7, 11) is 1.38. The molecule has 0 aliphatic rings. The van der Waals surface area contributed by atoms with Crippen molar-refractivity contribution in [2.24, 2.45) is 11.8 Å². The van der Waals surface area contributed by atoms with Crippen LogP contribution < -0.4 is 0 Å². The van der Waals surface area contributed by atoms with E-state index < -0.39 is 0 Å². The third-order valence-electron chi connectivity index (χ3n) is 4.24. The summed E-state index contributed by atoms with van der Waals surface area (Å²) in [5, 5.41) is 0. The first-order chi connectivity index (χ1) is 10.9. The minimum absolute atomic E-state index is 0.00490. The van der Waals surface area contributed by atoms with Gasteiger partial charge < -0.3 is 9.64 Å². The molecule has 0 N–H and O–H groups in total. The quantitative estimate of drug-likeness (QED) is 0.688. The van der Waals surface area contributed by atoms with Gasteiger partial charge in [-0.15, -0.1) is 0 Å². The number of methoxy groups -OCH3 is 1. The maximum Gasteiger partial charge on any atom is 0.310 e. The molecular formula is C19H29NO3. The normalized spacial score (nSPS) is 12.1. The van der Waals surface area contributed by atoms with E-state index in [-0.39, 0.29) is 23.7 Å². The number of carbonyl (C=O) groups excluding carboxylic acids is 2. The molecule has 4 nitrogen and oxygen atoms in total. The van der Waals surface area contributed by atoms with Crippen molar-refractivity contribution in [2.75, 3.05) is 13.7 Å². The molecule has 4 heteroatoms. The molecule has 1 rings (SSSR count). The molecule has 1 unspecified atom stereocenters. The molecular weight excluding hydrogens is 290 g/mol. The minimum atomic E-state index is -0.330. The number of ether oxygens (including phenoxy) is 1. The second-order valence-corrected chi connectivity index (χ2v) is 6.14. The number of hydrogen-bond donors (Lipinski definition) is 0. The van der Waals surface area contributed by atoms with Crippen LogP contribution in [0, 0.1) is 18.8 Å². The van der Waals surface area contributed by atoms with E-state index in [4.69, 9.17) is 4.74 Å². The lowest BCUT2D eigenvalue weighted by molar-refractivity contribution is -0.147. The Morgan fingerprint density at radius 3 is 2.17 bits per heavy atom. The second kappa shape index (κ2) is 9.33. The SMILES string of the molecule is CCC(CC)C(=O)N(Cc1ccc(C)cc1)CC(C)C(=O)OC. The molecule has 0 saturated heterocycles. The van der Waals surface area contributed by atoms with Crippen LogP contribution in [0.15, 0.2) is 24.3 Å². The van der Waals surface area contributed by atoms with Crippen LogP contribution in [0.3, 0.4) is 0 Å². The Morgan fingerprint density at radius 1 is 1.13 bits per heavy atom. The van der Waals surface area contributed by atoms with Gasteiger partial charge in [-0.05, 0) is 25.3 Å². The molecule has 0 fully saturated rings. The van der Waals surface area contributed by atoms with Crippen LogP contribution in [0.25, 0.3) is 0 Å². The molecule has 0 heterocycles. The summed E-state index contributed by atoms with van der Waals surface area (Å²) in [5.74, 6) is -0.489. The Hall–Kier alpha value is -1.84. The summed E-state index contributed by atoms with van der Waals surface area (Å²) in [4.78, 5) is 26.3. The number of amides is 1. The fourth-order valence-electron chi connectivity index (χ4n) is 2.65. The Balaban J connectivity index is 2.92. The number of benzene rings is 1. The molecule has 0 aliphatic carbocycles. The average molecular weight is 319 g/mol. The molecule has 0 aliphatic heterocycles. The highest BCUT2D eigenvalue weighted by molar-refractivity contribution is 5.80. The van der Waals surface area contributed by atoms with E-state index in [0.29, 0.717) is 13.1 Å². The first kappa shape index (κ1) is 19.2. The average Bonchev–Trinajstić information content (AvgIpc) is 2.56. The molecule has 1 amide bonds. The Labute approximate surface area is 139 Å². The lowest BCUT2D eigenvalue weighted by Crippen LogP contribution is -2.40. The predicted molar refractivity (Wildman–Crippen MR) is 91.8 cm³/mol. The Morgan fingerprint density at radius 2 is 1.70 bits per heavy atom. The fourth-order valence-corrected chi connectivity index (χ4v) is 2.65. The lowest BCUT2D eigenvalue weighted by Gasteiger charge is -2.28. The van der Waals surface area contributed by atoms with Crippen LogP contribution in [0.5, 0.6) is 0 Å². The van der Waals surface area contributed by atoms with Crippen LogP contribution in [-0.4, -0.2) is 30.4 Å². The van der Waals surface area contributed by atoms with Crippen molar-refractivity contribution in [3.63, 3.8) is 0 Å². The topological polar surface area (TPSA) is 46.6 Å². The largest absolute Gasteiger partial charge is 0.469 e. The molecule has 128 valence electrons. The third-order valence-corrected chi connectivity index (χ3v) is 4.24. The van der Waals surface area contributed by atoms with Crippen molar-refractivity contribution in [1.29, 1.82) is 0 Å². The maximum absolute atomic E-state index is 12.8. The van der Waals surface area contributed by atoms with E-state index in [2.05, 4.69) is 0 Å². The predicted octanol–water partition coefficient (Wildman–Crippen LogP) is 3.57. The van der Waals surface area contributed by atoms with Crippen molar-refractivity contribution in [1.82, 2.24) is 4.90 Å². The summed E-state index contributed by atoms with van der Waals surface area (Å²) in [6, 6.07) is 8.15. The van der Waals surface area contributed by atoms with Crippen LogP contribution in [0.2, 0.25) is 0 Å². The van der Waals surface area contributed by atoms with Gasteiger partial charge in [0.15, 0.2) is 0 Å². The van der Waals surface area contributed by atoms with E-state index in [9.17, 15) is 9.59 Å². The Kier molecular flexibility index (Phi) is 7.79. The molecule has 0 bridgehead atoms. The standard InChI is InChI=1S/C19H29NO3/c1-6-17(7-2)18(21)20(12-15(4)19(22)23-5)13-16-10-8-14(3)9-11-16/h8-11,15,17H,6-7,12-13H2,1-5H3. The summed E-state index contributed by atoms with van der Waals surface area (Å²) in [5.41, 5.74) is 2.27. The fraction of sp³-hybridized carbons (Fsp3) is 0.579. The van der Waals surface area contributed by atoms with Gasteiger partial charge in [-0.1, -0.05) is 50.6 Å². The number of nitrogens with zero attached hydrogens (tertiary/aromatic N) is 1. The first-order valence-electron chi connectivity index (χ1n) is 8.35. The summed E-state index contributed by atoms with van der Waals surface area (Å²) >= 11 is 0. The van der Waals surface area contributed by atoms with Crippen molar-refractivity contribution in [2.45, 2.75) is 47.1 Å². The monoisotopic (exact) mass is 319 g/mol. The molecule has 0 spiro atoms. The highest BCUT2D eigenvalue weighted by Gasteiger charge is 2.25. The van der Waals surface area contributed by atoms with Gasteiger partial charge in [-0.2, -0.15) is 0 Å². The number of hydrogen-bond acceptors (Lipinski definition) is 3. The van der Waals surface area contributed by atoms with Crippen LogP contribution in [-0.2, 0) is 20.9 Å². The van der Waals surface area contributed by atoms with Crippen LogP contribution in [0.4, 0.5) is 0 Å². The van der Waals surface area contributed by atoms with Gasteiger partial charge in [0.25, 0.3) is 0 Å². The zero-order valence-electron chi connectivity index (χ0n) is 15.0. The van der Waals surface area contributed by atoms with Crippen molar-refractivity contribution in [3.8, 4) is 0 Å². The zero-order chi connectivity index (χ0) is 17.4. The van der Waals surface area contributed by atoms with Gasteiger partial charge in [-0.25, -0.2) is 0 Å². The number of carbonyl (C=O) groups is 2. The zero-order valence-corrected chi connectivity index (χ0v) is 15.0. The van der Waals surface area contributed by atoms with E-state index in [0.717, 1.165) is 18.4 Å². The summed E-state index contributed by atoms with van der Waals surface area (Å²) < 4.78 is 4.79. The number of esters is 1. The lowest BCUT2D eigenvalue weighted by atomic mass is 10.00. The Bertz CT molecular complexity index is 506.